The van der Waals surface area contributed by atoms with E-state index < -0.39 is 0 Å². The number of benzene rings is 1. The van der Waals surface area contributed by atoms with Crippen LogP contribution in [0.4, 0.5) is 5.82 Å². The Kier molecular flexibility index (Phi) is 6.16. The lowest BCUT2D eigenvalue weighted by Crippen LogP contribution is -2.34. The number of halogens is 1. The zero-order valence-corrected chi connectivity index (χ0v) is 13.7. The third-order valence-corrected chi connectivity index (χ3v) is 4.16. The normalized spacial score (nSPS) is 18.0. The minimum Gasteiger partial charge on any atom is -0.367 e. The number of nitrogens with one attached hydrogen (secondary N) is 1. The standard InChI is InChI=1S/C17H22N4.ClH/c1-2-21-12-6-9-15(21)13-18-17-11-10-16(19-20-17)14-7-4-3-5-8-14;/h3-5,7-8,10-11,15H,2,6,9,12-13H2,1H3,(H,18,20);1H. The van der Waals surface area contributed by atoms with E-state index in [0.29, 0.717) is 6.04 Å². The molecule has 1 atom stereocenters. The average Bonchev–Trinajstić information content (AvgIpc) is 3.02. The highest BCUT2D eigenvalue weighted by Gasteiger charge is 2.22. The minimum atomic E-state index is 0. The lowest BCUT2D eigenvalue weighted by Gasteiger charge is -2.22. The first-order valence-electron chi connectivity index (χ1n) is 7.74. The van der Waals surface area contributed by atoms with Gasteiger partial charge in [-0.3, -0.25) is 4.90 Å². The van der Waals surface area contributed by atoms with Gasteiger partial charge < -0.3 is 5.32 Å². The Morgan fingerprint density at radius 1 is 1.14 bits per heavy atom. The van der Waals surface area contributed by atoms with Gasteiger partial charge in [-0.05, 0) is 38.1 Å². The van der Waals surface area contributed by atoms with Gasteiger partial charge in [-0.15, -0.1) is 22.6 Å². The van der Waals surface area contributed by atoms with Gasteiger partial charge in [0.25, 0.3) is 0 Å². The summed E-state index contributed by atoms with van der Waals surface area (Å²) in [5.41, 5.74) is 2.02. The molecule has 4 nitrogen and oxygen atoms in total. The fraction of sp³-hybridized carbons (Fsp3) is 0.412. The Hall–Kier alpha value is -1.65. The summed E-state index contributed by atoms with van der Waals surface area (Å²) in [5.74, 6) is 0.859. The van der Waals surface area contributed by atoms with E-state index in [1.54, 1.807) is 0 Å². The molecule has 0 bridgehead atoms. The van der Waals surface area contributed by atoms with E-state index in [-0.39, 0.29) is 12.4 Å². The topological polar surface area (TPSA) is 41.0 Å². The van der Waals surface area contributed by atoms with Crippen LogP contribution in [0.5, 0.6) is 0 Å². The van der Waals surface area contributed by atoms with Crippen molar-refractivity contribution in [3.63, 3.8) is 0 Å². The molecule has 1 aromatic heterocycles. The van der Waals surface area contributed by atoms with Crippen molar-refractivity contribution in [1.82, 2.24) is 15.1 Å². The molecule has 1 aromatic carbocycles. The van der Waals surface area contributed by atoms with Crippen LogP contribution in [-0.4, -0.2) is 40.8 Å². The number of nitrogens with zero attached hydrogens (tertiary/aromatic N) is 3. The Morgan fingerprint density at radius 3 is 2.64 bits per heavy atom. The Bertz CT molecular complexity index is 559. The van der Waals surface area contributed by atoms with Crippen LogP contribution in [0.3, 0.4) is 0 Å². The van der Waals surface area contributed by atoms with Crippen LogP contribution in [0, 0.1) is 0 Å². The van der Waals surface area contributed by atoms with Gasteiger partial charge in [0.05, 0.1) is 5.69 Å². The molecule has 1 aliphatic heterocycles. The van der Waals surface area contributed by atoms with E-state index in [9.17, 15) is 0 Å². The molecule has 1 fully saturated rings. The van der Waals surface area contributed by atoms with Gasteiger partial charge >= 0.3 is 0 Å². The predicted octanol–water partition coefficient (Wildman–Crippen LogP) is 3.46. The summed E-state index contributed by atoms with van der Waals surface area (Å²) in [6, 6.07) is 14.8. The summed E-state index contributed by atoms with van der Waals surface area (Å²) < 4.78 is 0. The molecule has 22 heavy (non-hydrogen) atoms. The van der Waals surface area contributed by atoms with E-state index in [0.717, 1.165) is 30.2 Å². The van der Waals surface area contributed by atoms with Gasteiger partial charge in [-0.1, -0.05) is 37.3 Å². The van der Waals surface area contributed by atoms with Crippen LogP contribution in [0.15, 0.2) is 42.5 Å². The number of likely N-dealkylation sites (N-methyl/N-ethyl adjacent to an activating group) is 1. The molecule has 0 spiro atoms. The maximum atomic E-state index is 4.31. The summed E-state index contributed by atoms with van der Waals surface area (Å²) in [6.07, 6.45) is 2.58. The number of rotatable bonds is 5. The van der Waals surface area contributed by atoms with Crippen molar-refractivity contribution in [2.75, 3.05) is 25.0 Å². The van der Waals surface area contributed by atoms with Gasteiger partial charge in [0, 0.05) is 18.2 Å². The number of anilines is 1. The first-order valence-corrected chi connectivity index (χ1v) is 7.74. The monoisotopic (exact) mass is 318 g/mol. The lowest BCUT2D eigenvalue weighted by atomic mass is 10.1. The predicted molar refractivity (Wildman–Crippen MR) is 93.5 cm³/mol. The molecule has 5 heteroatoms. The number of hydrogen-bond donors (Lipinski definition) is 1. The summed E-state index contributed by atoms with van der Waals surface area (Å²) in [6.45, 7) is 5.53. The average molecular weight is 319 g/mol. The van der Waals surface area contributed by atoms with E-state index in [4.69, 9.17) is 0 Å². The summed E-state index contributed by atoms with van der Waals surface area (Å²) in [5, 5.41) is 12.0. The largest absolute Gasteiger partial charge is 0.367 e. The van der Waals surface area contributed by atoms with Crippen molar-refractivity contribution in [1.29, 1.82) is 0 Å². The van der Waals surface area contributed by atoms with Gasteiger partial charge in [0.2, 0.25) is 0 Å². The van der Waals surface area contributed by atoms with Crippen molar-refractivity contribution in [2.45, 2.75) is 25.8 Å². The molecule has 3 rings (SSSR count). The Labute approximate surface area is 138 Å². The molecule has 1 N–H and O–H groups in total. The molecular weight excluding hydrogens is 296 g/mol. The molecule has 1 aliphatic rings. The van der Waals surface area contributed by atoms with Gasteiger partial charge in [-0.2, -0.15) is 0 Å². The first kappa shape index (κ1) is 16.7. The smallest absolute Gasteiger partial charge is 0.148 e. The minimum absolute atomic E-state index is 0. The van der Waals surface area contributed by atoms with Crippen molar-refractivity contribution >= 4 is 18.2 Å². The molecule has 0 amide bonds. The highest BCUT2D eigenvalue weighted by molar-refractivity contribution is 5.85. The quantitative estimate of drug-likeness (QED) is 0.916. The summed E-state index contributed by atoms with van der Waals surface area (Å²) in [7, 11) is 0. The molecule has 118 valence electrons. The number of hydrogen-bond acceptors (Lipinski definition) is 4. The third kappa shape index (κ3) is 3.96. The van der Waals surface area contributed by atoms with Gasteiger partial charge in [-0.25, -0.2) is 0 Å². The first-order chi connectivity index (χ1) is 10.4. The lowest BCUT2D eigenvalue weighted by molar-refractivity contribution is 0.277. The molecule has 1 saturated heterocycles. The number of likely N-dealkylation sites (tertiary alicyclic amines) is 1. The van der Waals surface area contributed by atoms with Gasteiger partial charge in [0.15, 0.2) is 0 Å². The van der Waals surface area contributed by atoms with Crippen LogP contribution >= 0.6 is 12.4 Å². The molecule has 0 saturated carbocycles. The Balaban J connectivity index is 0.00000176. The molecular formula is C17H23ClN4. The van der Waals surface area contributed by atoms with Crippen LogP contribution in [0.2, 0.25) is 0 Å². The maximum absolute atomic E-state index is 4.31. The molecule has 2 heterocycles. The van der Waals surface area contributed by atoms with E-state index in [1.165, 1.54) is 19.4 Å². The zero-order valence-electron chi connectivity index (χ0n) is 12.9. The van der Waals surface area contributed by atoms with Crippen LogP contribution < -0.4 is 5.32 Å². The van der Waals surface area contributed by atoms with Crippen molar-refractivity contribution in [3.05, 3.63) is 42.5 Å². The van der Waals surface area contributed by atoms with Gasteiger partial charge in [0.1, 0.15) is 5.82 Å². The van der Waals surface area contributed by atoms with Crippen LogP contribution in [-0.2, 0) is 0 Å². The fourth-order valence-electron chi connectivity index (χ4n) is 2.95. The van der Waals surface area contributed by atoms with Crippen LogP contribution in [0.1, 0.15) is 19.8 Å². The van der Waals surface area contributed by atoms with Crippen LogP contribution in [0.25, 0.3) is 11.3 Å². The second-order valence-electron chi connectivity index (χ2n) is 5.48. The summed E-state index contributed by atoms with van der Waals surface area (Å²) in [4.78, 5) is 2.53. The molecule has 1 unspecified atom stereocenters. The molecule has 2 aromatic rings. The summed E-state index contributed by atoms with van der Waals surface area (Å²) >= 11 is 0. The van der Waals surface area contributed by atoms with E-state index >= 15 is 0 Å². The second-order valence-corrected chi connectivity index (χ2v) is 5.48. The highest BCUT2D eigenvalue weighted by Crippen LogP contribution is 2.18. The number of aromatic nitrogens is 2. The third-order valence-electron chi connectivity index (χ3n) is 4.16. The molecule has 0 radical (unpaired) electrons. The van der Waals surface area contributed by atoms with Crippen molar-refractivity contribution in [3.8, 4) is 11.3 Å². The fourth-order valence-corrected chi connectivity index (χ4v) is 2.95. The van der Waals surface area contributed by atoms with Crippen molar-refractivity contribution in [2.24, 2.45) is 0 Å². The Morgan fingerprint density at radius 2 is 1.95 bits per heavy atom. The second kappa shape index (κ2) is 8.11. The van der Waals surface area contributed by atoms with E-state index in [1.807, 2.05) is 30.3 Å². The maximum Gasteiger partial charge on any atom is 0.148 e. The van der Waals surface area contributed by atoms with E-state index in [2.05, 4.69) is 39.5 Å². The highest BCUT2D eigenvalue weighted by atomic mass is 35.5. The SMILES string of the molecule is CCN1CCCC1CNc1ccc(-c2ccccc2)nn1.Cl. The zero-order chi connectivity index (χ0) is 14.5. The molecule has 0 aliphatic carbocycles. The van der Waals surface area contributed by atoms with Crippen molar-refractivity contribution < 1.29 is 0 Å².